The molecule has 1 heterocycles. The highest BCUT2D eigenvalue weighted by molar-refractivity contribution is 5.83. The second-order valence-corrected chi connectivity index (χ2v) is 2.86. The number of carbonyl (C=O) groups excluding carboxylic acids is 1. The van der Waals surface area contributed by atoms with E-state index in [1.54, 1.807) is 18.3 Å². The molecule has 0 aliphatic heterocycles. The Kier molecular flexibility index (Phi) is 15.1. The van der Waals surface area contributed by atoms with Crippen LogP contribution in [0.25, 0.3) is 0 Å². The molecule has 1 amide bonds. The van der Waals surface area contributed by atoms with Crippen molar-refractivity contribution in [3.63, 3.8) is 0 Å². The van der Waals surface area contributed by atoms with Crippen LogP contribution in [0.3, 0.4) is 0 Å². The largest absolute Gasteiger partial charge is 0.453 e. The molecule has 0 saturated heterocycles. The summed E-state index contributed by atoms with van der Waals surface area (Å²) >= 11 is 0. The third-order valence-corrected chi connectivity index (χ3v) is 1.59. The summed E-state index contributed by atoms with van der Waals surface area (Å²) in [6, 6.07) is 3.45. The molecule has 0 saturated carbocycles. The monoisotopic (exact) mass is 240 g/mol. The van der Waals surface area contributed by atoms with E-state index in [1.807, 2.05) is 13.8 Å². The van der Waals surface area contributed by atoms with Gasteiger partial charge >= 0.3 is 6.09 Å². The molecule has 0 atom stereocenters. The minimum absolute atomic E-state index is 0.488. The van der Waals surface area contributed by atoms with Gasteiger partial charge in [-0.25, -0.2) is 4.79 Å². The third kappa shape index (κ3) is 12.4. The molecular weight excluding hydrogens is 216 g/mol. The summed E-state index contributed by atoms with van der Waals surface area (Å²) in [5.41, 5.74) is 0.624. The van der Waals surface area contributed by atoms with Crippen LogP contribution in [0.5, 0.6) is 0 Å². The van der Waals surface area contributed by atoms with E-state index in [2.05, 4.69) is 28.9 Å². The summed E-state index contributed by atoms with van der Waals surface area (Å²) in [4.78, 5) is 14.4. The Labute approximate surface area is 104 Å². The van der Waals surface area contributed by atoms with Crippen molar-refractivity contribution >= 4 is 11.8 Å². The number of hydrogen-bond acceptors (Lipinski definition) is 3. The van der Waals surface area contributed by atoms with Crippen molar-refractivity contribution in [3.05, 3.63) is 24.5 Å². The van der Waals surface area contributed by atoms with Crippen molar-refractivity contribution < 1.29 is 9.53 Å². The lowest BCUT2D eigenvalue weighted by Crippen LogP contribution is -2.10. The number of methoxy groups -OCH3 is 1. The molecule has 4 heteroatoms. The molecule has 1 aromatic rings. The highest BCUT2D eigenvalue weighted by atomic mass is 16.5. The van der Waals surface area contributed by atoms with E-state index in [4.69, 9.17) is 0 Å². The van der Waals surface area contributed by atoms with Gasteiger partial charge in [0.25, 0.3) is 0 Å². The van der Waals surface area contributed by atoms with Crippen molar-refractivity contribution in [1.29, 1.82) is 0 Å². The Morgan fingerprint density at radius 1 is 1.35 bits per heavy atom. The van der Waals surface area contributed by atoms with Gasteiger partial charge < -0.3 is 4.74 Å². The standard InChI is InChI=1S/C7H8N2O2.C4H10.C2H6/c1-11-7(10)9-6-3-2-4-8-5-6;1-3-4-2;1-2/h2-5H,1H3,(H,9,10);3-4H2,1-2H3;1-2H3. The van der Waals surface area contributed by atoms with Crippen LogP contribution < -0.4 is 5.32 Å². The van der Waals surface area contributed by atoms with Crippen LogP contribution in [0.15, 0.2) is 24.5 Å². The Morgan fingerprint density at radius 3 is 2.29 bits per heavy atom. The van der Waals surface area contributed by atoms with Gasteiger partial charge in [-0.2, -0.15) is 0 Å². The lowest BCUT2D eigenvalue weighted by molar-refractivity contribution is 0.187. The van der Waals surface area contributed by atoms with Crippen molar-refractivity contribution in [2.45, 2.75) is 40.5 Å². The highest BCUT2D eigenvalue weighted by Gasteiger charge is 1.97. The predicted molar refractivity (Wildman–Crippen MR) is 72.2 cm³/mol. The molecule has 98 valence electrons. The first-order chi connectivity index (χ1) is 8.24. The van der Waals surface area contributed by atoms with Gasteiger partial charge in [-0.15, -0.1) is 0 Å². The molecule has 0 radical (unpaired) electrons. The van der Waals surface area contributed by atoms with Crippen molar-refractivity contribution in [1.82, 2.24) is 4.98 Å². The number of amides is 1. The summed E-state index contributed by atoms with van der Waals surface area (Å²) in [5.74, 6) is 0. The zero-order valence-electron chi connectivity index (χ0n) is 11.5. The van der Waals surface area contributed by atoms with Crippen LogP contribution in [-0.4, -0.2) is 18.2 Å². The molecule has 0 aromatic carbocycles. The maximum Gasteiger partial charge on any atom is 0.411 e. The number of ether oxygens (including phenoxy) is 1. The van der Waals surface area contributed by atoms with Gasteiger partial charge in [0.2, 0.25) is 0 Å². The minimum atomic E-state index is -0.488. The molecular formula is C13H24N2O2. The van der Waals surface area contributed by atoms with Gasteiger partial charge in [-0.3, -0.25) is 10.3 Å². The second kappa shape index (κ2) is 14.4. The molecule has 1 N–H and O–H groups in total. The molecule has 0 aliphatic carbocycles. The number of carbonyl (C=O) groups is 1. The summed E-state index contributed by atoms with van der Waals surface area (Å²) in [5, 5.41) is 2.47. The van der Waals surface area contributed by atoms with Crippen molar-refractivity contribution in [3.8, 4) is 0 Å². The van der Waals surface area contributed by atoms with Crippen LogP contribution in [0.1, 0.15) is 40.5 Å². The summed E-state index contributed by atoms with van der Waals surface area (Å²) in [6.07, 6.45) is 5.32. The topological polar surface area (TPSA) is 51.2 Å². The number of hydrogen-bond donors (Lipinski definition) is 1. The van der Waals surface area contributed by atoms with Gasteiger partial charge in [0, 0.05) is 6.20 Å². The molecule has 0 fully saturated rings. The summed E-state index contributed by atoms with van der Waals surface area (Å²) in [7, 11) is 1.31. The van der Waals surface area contributed by atoms with E-state index in [1.165, 1.54) is 26.1 Å². The van der Waals surface area contributed by atoms with Gasteiger partial charge in [0.1, 0.15) is 0 Å². The van der Waals surface area contributed by atoms with Gasteiger partial charge in [-0.1, -0.05) is 40.5 Å². The van der Waals surface area contributed by atoms with E-state index >= 15 is 0 Å². The van der Waals surface area contributed by atoms with E-state index in [0.29, 0.717) is 5.69 Å². The third-order valence-electron chi connectivity index (χ3n) is 1.59. The minimum Gasteiger partial charge on any atom is -0.453 e. The lowest BCUT2D eigenvalue weighted by Gasteiger charge is -2.00. The van der Waals surface area contributed by atoms with Crippen LogP contribution in [0.2, 0.25) is 0 Å². The number of nitrogens with zero attached hydrogens (tertiary/aromatic N) is 1. The fourth-order valence-corrected chi connectivity index (χ4v) is 0.606. The maximum atomic E-state index is 10.6. The van der Waals surface area contributed by atoms with Crippen LogP contribution in [-0.2, 0) is 4.74 Å². The number of nitrogens with one attached hydrogen (secondary N) is 1. The number of aromatic nitrogens is 1. The Bertz CT molecular complexity index is 261. The first kappa shape index (κ1) is 17.8. The van der Waals surface area contributed by atoms with Crippen molar-refractivity contribution in [2.24, 2.45) is 0 Å². The first-order valence-electron chi connectivity index (χ1n) is 5.99. The zero-order chi connectivity index (χ0) is 13.5. The Morgan fingerprint density at radius 2 is 1.94 bits per heavy atom. The normalized spacial score (nSPS) is 7.82. The molecule has 0 unspecified atom stereocenters. The number of pyridine rings is 1. The average molecular weight is 240 g/mol. The van der Waals surface area contributed by atoms with Gasteiger partial charge in [-0.05, 0) is 12.1 Å². The summed E-state index contributed by atoms with van der Waals surface area (Å²) in [6.45, 7) is 8.36. The number of anilines is 1. The molecule has 0 aliphatic rings. The van der Waals surface area contributed by atoms with E-state index in [-0.39, 0.29) is 0 Å². The fraction of sp³-hybridized carbons (Fsp3) is 0.538. The summed E-state index contributed by atoms with van der Waals surface area (Å²) < 4.78 is 4.38. The molecule has 1 aromatic heterocycles. The van der Waals surface area contributed by atoms with E-state index in [9.17, 15) is 4.79 Å². The Balaban J connectivity index is 0. The Hall–Kier alpha value is -1.58. The number of unbranched alkanes of at least 4 members (excludes halogenated alkanes) is 1. The quantitative estimate of drug-likeness (QED) is 0.847. The first-order valence-corrected chi connectivity index (χ1v) is 5.99. The maximum absolute atomic E-state index is 10.6. The fourth-order valence-electron chi connectivity index (χ4n) is 0.606. The predicted octanol–water partition coefficient (Wildman–Crippen LogP) is 4.09. The highest BCUT2D eigenvalue weighted by Crippen LogP contribution is 2.01. The lowest BCUT2D eigenvalue weighted by atomic mass is 10.4. The van der Waals surface area contributed by atoms with Crippen molar-refractivity contribution in [2.75, 3.05) is 12.4 Å². The second-order valence-electron chi connectivity index (χ2n) is 2.86. The molecule has 17 heavy (non-hydrogen) atoms. The molecule has 0 bridgehead atoms. The zero-order valence-corrected chi connectivity index (χ0v) is 11.5. The van der Waals surface area contributed by atoms with Crippen LogP contribution >= 0.6 is 0 Å². The molecule has 0 spiro atoms. The van der Waals surface area contributed by atoms with Crippen LogP contribution in [0.4, 0.5) is 10.5 Å². The number of rotatable bonds is 2. The van der Waals surface area contributed by atoms with E-state index in [0.717, 1.165) is 0 Å². The molecule has 1 rings (SSSR count). The smallest absolute Gasteiger partial charge is 0.411 e. The van der Waals surface area contributed by atoms with Crippen LogP contribution in [0, 0.1) is 0 Å². The van der Waals surface area contributed by atoms with Gasteiger partial charge in [0.15, 0.2) is 0 Å². The van der Waals surface area contributed by atoms with Gasteiger partial charge in [0.05, 0.1) is 19.0 Å². The van der Waals surface area contributed by atoms with E-state index < -0.39 is 6.09 Å². The molecule has 4 nitrogen and oxygen atoms in total. The average Bonchev–Trinajstić information content (AvgIpc) is 2.42. The SMILES string of the molecule is CC.CCCC.COC(=O)Nc1cccnc1.